The van der Waals surface area contributed by atoms with E-state index in [0.717, 1.165) is 62.9 Å². The van der Waals surface area contributed by atoms with Crippen LogP contribution in [0.4, 0.5) is 5.82 Å². The fraction of sp³-hybridized carbons (Fsp3) is 0.478. The van der Waals surface area contributed by atoms with E-state index in [1.807, 2.05) is 30.0 Å². The number of amides is 1. The molecule has 0 radical (unpaired) electrons. The quantitative estimate of drug-likeness (QED) is 0.674. The summed E-state index contributed by atoms with van der Waals surface area (Å²) in [5.74, 6) is 1.11. The summed E-state index contributed by atoms with van der Waals surface area (Å²) < 4.78 is 1.16. The van der Waals surface area contributed by atoms with E-state index in [9.17, 15) is 4.79 Å². The van der Waals surface area contributed by atoms with E-state index >= 15 is 0 Å². The Bertz CT molecular complexity index is 864. The summed E-state index contributed by atoms with van der Waals surface area (Å²) in [6.45, 7) is 4.58. The van der Waals surface area contributed by atoms with Crippen LogP contribution in [0.2, 0.25) is 0 Å². The van der Waals surface area contributed by atoms with Crippen LogP contribution in [-0.4, -0.2) is 52.1 Å². The van der Waals surface area contributed by atoms with Gasteiger partial charge in [0.2, 0.25) is 5.91 Å². The molecule has 2 N–H and O–H groups in total. The first-order valence-corrected chi connectivity index (χ1v) is 12.4. The van der Waals surface area contributed by atoms with E-state index in [2.05, 4.69) is 48.9 Å². The molecule has 0 aliphatic carbocycles. The van der Waals surface area contributed by atoms with Crippen LogP contribution in [-0.2, 0) is 11.3 Å². The van der Waals surface area contributed by atoms with Gasteiger partial charge in [-0.25, -0.2) is 4.98 Å². The van der Waals surface area contributed by atoms with E-state index in [4.69, 9.17) is 5.73 Å². The highest BCUT2D eigenvalue weighted by Crippen LogP contribution is 2.35. The molecule has 0 atom stereocenters. The molecule has 0 saturated carbocycles. The maximum atomic E-state index is 13.1. The first-order chi connectivity index (χ1) is 14.6. The van der Waals surface area contributed by atoms with Crippen LogP contribution in [0.15, 0.2) is 52.0 Å². The zero-order valence-corrected chi connectivity index (χ0v) is 19.6. The molecule has 2 aliphatic heterocycles. The lowest BCUT2D eigenvalue weighted by molar-refractivity contribution is -0.138. The number of hydrogen-bond donors (Lipinski definition) is 1. The Labute approximate surface area is 191 Å². The Morgan fingerprint density at radius 3 is 2.53 bits per heavy atom. The second-order valence-electron chi connectivity index (χ2n) is 8.21. The zero-order valence-electron chi connectivity index (χ0n) is 17.2. The highest BCUT2D eigenvalue weighted by Gasteiger charge is 2.31. The minimum atomic E-state index is 0.177. The number of benzene rings is 1. The fourth-order valence-corrected chi connectivity index (χ4v) is 6.07. The molecule has 2 saturated heterocycles. The molecule has 1 aromatic carbocycles. The zero-order chi connectivity index (χ0) is 20.9. The number of likely N-dealkylation sites (tertiary alicyclic amines) is 2. The SMILES string of the molecule is Nc1cc(CN2CCC(C(=O)N3CCC(Sc4ccccc4Br)CC3)CC2)ccn1. The predicted octanol–water partition coefficient (Wildman–Crippen LogP) is 4.42. The number of nitrogens with two attached hydrogens (primary N) is 1. The van der Waals surface area contributed by atoms with Crippen molar-refractivity contribution in [1.82, 2.24) is 14.8 Å². The van der Waals surface area contributed by atoms with Crippen LogP contribution in [0.3, 0.4) is 0 Å². The van der Waals surface area contributed by atoms with E-state index in [-0.39, 0.29) is 5.92 Å². The van der Waals surface area contributed by atoms with Gasteiger partial charge in [-0.3, -0.25) is 9.69 Å². The first-order valence-electron chi connectivity index (χ1n) is 10.7. The van der Waals surface area contributed by atoms with Crippen LogP contribution in [0, 0.1) is 5.92 Å². The molecule has 2 aromatic rings. The van der Waals surface area contributed by atoms with Crippen LogP contribution in [0.1, 0.15) is 31.2 Å². The van der Waals surface area contributed by atoms with Crippen molar-refractivity contribution < 1.29 is 4.79 Å². The normalized spacial score (nSPS) is 19.2. The van der Waals surface area contributed by atoms with Gasteiger partial charge in [-0.1, -0.05) is 12.1 Å². The lowest BCUT2D eigenvalue weighted by Gasteiger charge is -2.37. The molecule has 1 amide bonds. The van der Waals surface area contributed by atoms with Gasteiger partial charge in [0.15, 0.2) is 0 Å². The molecular weight excluding hydrogens is 460 g/mol. The second kappa shape index (κ2) is 10.2. The molecule has 7 heteroatoms. The van der Waals surface area contributed by atoms with Gasteiger partial charge in [0, 0.05) is 46.4 Å². The summed E-state index contributed by atoms with van der Waals surface area (Å²) in [5.41, 5.74) is 6.98. The predicted molar refractivity (Wildman–Crippen MR) is 126 cm³/mol. The Morgan fingerprint density at radius 1 is 1.10 bits per heavy atom. The van der Waals surface area contributed by atoms with Crippen LogP contribution in [0.25, 0.3) is 0 Å². The number of aromatic nitrogens is 1. The van der Waals surface area contributed by atoms with Crippen molar-refractivity contribution in [2.75, 3.05) is 31.9 Å². The van der Waals surface area contributed by atoms with Crippen molar-refractivity contribution in [2.45, 2.75) is 42.4 Å². The van der Waals surface area contributed by atoms with Gasteiger partial charge < -0.3 is 10.6 Å². The van der Waals surface area contributed by atoms with Crippen LogP contribution >= 0.6 is 27.7 Å². The highest BCUT2D eigenvalue weighted by molar-refractivity contribution is 9.10. The number of piperidine rings is 2. The van der Waals surface area contributed by atoms with Gasteiger partial charge >= 0.3 is 0 Å². The molecule has 160 valence electrons. The number of carbonyl (C=O) groups is 1. The smallest absolute Gasteiger partial charge is 0.225 e. The number of thioether (sulfide) groups is 1. The number of carbonyl (C=O) groups excluding carboxylic acids is 1. The molecule has 4 rings (SSSR count). The van der Waals surface area contributed by atoms with Gasteiger partial charge in [0.05, 0.1) is 0 Å². The third kappa shape index (κ3) is 5.56. The summed E-state index contributed by atoms with van der Waals surface area (Å²) >= 11 is 5.58. The van der Waals surface area contributed by atoms with Crippen molar-refractivity contribution in [3.05, 3.63) is 52.6 Å². The highest BCUT2D eigenvalue weighted by atomic mass is 79.9. The molecule has 0 spiro atoms. The Balaban J connectivity index is 1.22. The summed E-state index contributed by atoms with van der Waals surface area (Å²) in [6.07, 6.45) is 5.80. The summed E-state index contributed by atoms with van der Waals surface area (Å²) in [5, 5.41) is 0.586. The maximum absolute atomic E-state index is 13.1. The molecule has 2 fully saturated rings. The van der Waals surface area contributed by atoms with E-state index in [1.54, 1.807) is 6.20 Å². The van der Waals surface area contributed by atoms with Crippen molar-refractivity contribution in [2.24, 2.45) is 5.92 Å². The molecular formula is C23H29BrN4OS. The number of pyridine rings is 1. The monoisotopic (exact) mass is 488 g/mol. The average Bonchev–Trinajstić information content (AvgIpc) is 2.76. The lowest BCUT2D eigenvalue weighted by atomic mass is 9.94. The van der Waals surface area contributed by atoms with Crippen molar-refractivity contribution in [3.63, 3.8) is 0 Å². The first kappa shape index (κ1) is 21.7. The topological polar surface area (TPSA) is 62.5 Å². The fourth-order valence-electron chi connectivity index (χ4n) is 4.36. The Morgan fingerprint density at radius 2 is 1.83 bits per heavy atom. The standard InChI is InChI=1S/C23H29BrN4OS/c24-20-3-1-2-4-21(20)30-19-8-13-28(14-9-19)23(29)18-6-11-27(12-7-18)16-17-5-10-26-22(25)15-17/h1-5,10,15,18-19H,6-9,11-14,16H2,(H2,25,26). The Kier molecular flexibility index (Phi) is 7.33. The number of anilines is 1. The number of hydrogen-bond acceptors (Lipinski definition) is 5. The molecule has 0 bridgehead atoms. The average molecular weight is 489 g/mol. The number of nitrogen functional groups attached to an aromatic ring is 1. The van der Waals surface area contributed by atoms with E-state index in [1.165, 1.54) is 10.5 Å². The molecule has 1 aromatic heterocycles. The largest absolute Gasteiger partial charge is 0.384 e. The molecule has 3 heterocycles. The van der Waals surface area contributed by atoms with Crippen molar-refractivity contribution >= 4 is 39.4 Å². The van der Waals surface area contributed by atoms with Gasteiger partial charge in [0.25, 0.3) is 0 Å². The van der Waals surface area contributed by atoms with Gasteiger partial charge in [-0.15, -0.1) is 11.8 Å². The minimum absolute atomic E-state index is 0.177. The van der Waals surface area contributed by atoms with Gasteiger partial charge in [0.1, 0.15) is 5.82 Å². The summed E-state index contributed by atoms with van der Waals surface area (Å²) in [6, 6.07) is 12.4. The minimum Gasteiger partial charge on any atom is -0.384 e. The third-order valence-corrected chi connectivity index (χ3v) is 8.44. The van der Waals surface area contributed by atoms with Crippen molar-refractivity contribution in [3.8, 4) is 0 Å². The summed E-state index contributed by atoms with van der Waals surface area (Å²) in [4.78, 5) is 22.9. The third-order valence-electron chi connectivity index (χ3n) is 6.07. The second-order valence-corrected chi connectivity index (χ2v) is 10.4. The van der Waals surface area contributed by atoms with Crippen LogP contribution < -0.4 is 5.73 Å². The van der Waals surface area contributed by atoms with Gasteiger partial charge in [-0.05, 0) is 84.5 Å². The molecule has 30 heavy (non-hydrogen) atoms. The molecule has 0 unspecified atom stereocenters. The Hall–Kier alpha value is -1.57. The van der Waals surface area contributed by atoms with E-state index < -0.39 is 0 Å². The maximum Gasteiger partial charge on any atom is 0.225 e. The van der Waals surface area contributed by atoms with Gasteiger partial charge in [-0.2, -0.15) is 0 Å². The lowest BCUT2D eigenvalue weighted by Crippen LogP contribution is -2.45. The number of halogens is 1. The number of nitrogens with zero attached hydrogens (tertiary/aromatic N) is 3. The molecule has 5 nitrogen and oxygen atoms in total. The summed E-state index contributed by atoms with van der Waals surface area (Å²) in [7, 11) is 0. The van der Waals surface area contributed by atoms with Crippen molar-refractivity contribution in [1.29, 1.82) is 0 Å². The number of rotatable bonds is 5. The molecule has 2 aliphatic rings. The van der Waals surface area contributed by atoms with E-state index in [0.29, 0.717) is 17.0 Å². The van der Waals surface area contributed by atoms with Crippen LogP contribution in [0.5, 0.6) is 0 Å².